The maximum atomic E-state index is 11.2. The van der Waals surface area contributed by atoms with Crippen molar-refractivity contribution in [1.82, 2.24) is 10.6 Å². The summed E-state index contributed by atoms with van der Waals surface area (Å²) in [7, 11) is 1.67. The summed E-state index contributed by atoms with van der Waals surface area (Å²) < 4.78 is 0. The summed E-state index contributed by atoms with van der Waals surface area (Å²) in [6, 6.07) is 10.8. The maximum Gasteiger partial charge on any atom is 0.221 e. The molecule has 0 aromatic heterocycles. The van der Waals surface area contributed by atoms with E-state index in [1.54, 1.807) is 7.05 Å². The van der Waals surface area contributed by atoms with Crippen molar-refractivity contribution in [2.75, 3.05) is 13.6 Å². The van der Waals surface area contributed by atoms with Gasteiger partial charge in [-0.1, -0.05) is 50.1 Å². The van der Waals surface area contributed by atoms with Gasteiger partial charge in [-0.15, -0.1) is 0 Å². The van der Waals surface area contributed by atoms with Gasteiger partial charge in [0.2, 0.25) is 5.91 Å². The standard InChI is InChI=1S/C15H24N2O/c1-3-4-10-14(13-8-6-5-7-9-13)17-12-11-15(18)16-2/h5-9,14,17H,3-4,10-12H2,1-2H3,(H,16,18). The van der Waals surface area contributed by atoms with E-state index in [-0.39, 0.29) is 5.91 Å². The molecule has 1 atom stereocenters. The Hall–Kier alpha value is -1.35. The number of benzene rings is 1. The van der Waals surface area contributed by atoms with Crippen LogP contribution in [-0.4, -0.2) is 19.5 Å². The van der Waals surface area contributed by atoms with Crippen LogP contribution in [0, 0.1) is 0 Å². The highest BCUT2D eigenvalue weighted by molar-refractivity contribution is 5.75. The van der Waals surface area contributed by atoms with E-state index in [0.717, 1.165) is 13.0 Å². The van der Waals surface area contributed by atoms with E-state index in [9.17, 15) is 4.79 Å². The van der Waals surface area contributed by atoms with Gasteiger partial charge in [0, 0.05) is 26.1 Å². The van der Waals surface area contributed by atoms with Crippen molar-refractivity contribution in [3.05, 3.63) is 35.9 Å². The minimum Gasteiger partial charge on any atom is -0.359 e. The zero-order valence-electron chi connectivity index (χ0n) is 11.4. The van der Waals surface area contributed by atoms with Gasteiger partial charge in [-0.2, -0.15) is 0 Å². The van der Waals surface area contributed by atoms with E-state index in [1.807, 2.05) is 6.07 Å². The highest BCUT2D eigenvalue weighted by Crippen LogP contribution is 2.18. The molecule has 3 heteroatoms. The molecule has 0 spiro atoms. The van der Waals surface area contributed by atoms with Crippen LogP contribution in [-0.2, 0) is 4.79 Å². The van der Waals surface area contributed by atoms with Crippen molar-refractivity contribution in [3.63, 3.8) is 0 Å². The molecule has 18 heavy (non-hydrogen) atoms. The number of carbonyl (C=O) groups excluding carboxylic acids is 1. The number of carbonyl (C=O) groups is 1. The molecular formula is C15H24N2O. The maximum absolute atomic E-state index is 11.2. The molecule has 0 aliphatic carbocycles. The molecular weight excluding hydrogens is 224 g/mol. The van der Waals surface area contributed by atoms with Crippen LogP contribution in [0.1, 0.15) is 44.2 Å². The average Bonchev–Trinajstić information content (AvgIpc) is 2.43. The number of hydrogen-bond acceptors (Lipinski definition) is 2. The fourth-order valence-electron chi connectivity index (χ4n) is 1.97. The van der Waals surface area contributed by atoms with Crippen LogP contribution >= 0.6 is 0 Å². The molecule has 0 saturated heterocycles. The van der Waals surface area contributed by atoms with Crippen molar-refractivity contribution in [2.45, 2.75) is 38.6 Å². The lowest BCUT2D eigenvalue weighted by Crippen LogP contribution is -2.27. The van der Waals surface area contributed by atoms with Gasteiger partial charge in [0.25, 0.3) is 0 Å². The number of rotatable bonds is 8. The summed E-state index contributed by atoms with van der Waals surface area (Å²) in [6.45, 7) is 2.93. The zero-order chi connectivity index (χ0) is 13.2. The second-order valence-corrected chi connectivity index (χ2v) is 4.48. The third kappa shape index (κ3) is 5.32. The Bertz CT molecular complexity index is 338. The second kappa shape index (κ2) is 8.70. The van der Waals surface area contributed by atoms with Crippen molar-refractivity contribution in [1.29, 1.82) is 0 Å². The fraction of sp³-hybridized carbons (Fsp3) is 0.533. The van der Waals surface area contributed by atoms with Crippen LogP contribution in [0.4, 0.5) is 0 Å². The van der Waals surface area contributed by atoms with E-state index < -0.39 is 0 Å². The van der Waals surface area contributed by atoms with Gasteiger partial charge in [-0.05, 0) is 12.0 Å². The largest absolute Gasteiger partial charge is 0.359 e. The summed E-state index contributed by atoms with van der Waals surface area (Å²) in [5.74, 6) is 0.0878. The van der Waals surface area contributed by atoms with Crippen LogP contribution in [0.25, 0.3) is 0 Å². The molecule has 1 unspecified atom stereocenters. The lowest BCUT2D eigenvalue weighted by atomic mass is 10.0. The van der Waals surface area contributed by atoms with Crippen molar-refractivity contribution in [3.8, 4) is 0 Å². The molecule has 0 aliphatic rings. The minimum atomic E-state index is 0.0878. The fourth-order valence-corrected chi connectivity index (χ4v) is 1.97. The average molecular weight is 248 g/mol. The monoisotopic (exact) mass is 248 g/mol. The molecule has 0 fully saturated rings. The Labute approximate surface area is 110 Å². The van der Waals surface area contributed by atoms with Gasteiger partial charge < -0.3 is 10.6 Å². The molecule has 0 heterocycles. The Morgan fingerprint density at radius 2 is 2.00 bits per heavy atom. The number of unbranched alkanes of at least 4 members (excludes halogenated alkanes) is 1. The van der Waals surface area contributed by atoms with Crippen LogP contribution < -0.4 is 10.6 Å². The van der Waals surface area contributed by atoms with E-state index >= 15 is 0 Å². The smallest absolute Gasteiger partial charge is 0.221 e. The molecule has 100 valence electrons. The van der Waals surface area contributed by atoms with Gasteiger partial charge in [-0.3, -0.25) is 4.79 Å². The molecule has 1 aromatic carbocycles. The Morgan fingerprint density at radius 1 is 1.28 bits per heavy atom. The topological polar surface area (TPSA) is 41.1 Å². The molecule has 3 nitrogen and oxygen atoms in total. The van der Waals surface area contributed by atoms with Crippen molar-refractivity contribution >= 4 is 5.91 Å². The normalized spacial score (nSPS) is 12.1. The summed E-state index contributed by atoms with van der Waals surface area (Å²) in [6.07, 6.45) is 4.05. The molecule has 0 bridgehead atoms. The first-order valence-electron chi connectivity index (χ1n) is 6.76. The first kappa shape index (κ1) is 14.7. The first-order valence-corrected chi connectivity index (χ1v) is 6.76. The lowest BCUT2D eigenvalue weighted by molar-refractivity contribution is -0.120. The van der Waals surface area contributed by atoms with Gasteiger partial charge in [0.05, 0.1) is 0 Å². The van der Waals surface area contributed by atoms with Gasteiger partial charge in [0.1, 0.15) is 0 Å². The quantitative estimate of drug-likeness (QED) is 0.742. The second-order valence-electron chi connectivity index (χ2n) is 4.48. The zero-order valence-corrected chi connectivity index (χ0v) is 11.4. The van der Waals surface area contributed by atoms with E-state index in [0.29, 0.717) is 12.5 Å². The third-order valence-electron chi connectivity index (χ3n) is 3.07. The third-order valence-corrected chi connectivity index (χ3v) is 3.07. The van der Waals surface area contributed by atoms with Crippen molar-refractivity contribution < 1.29 is 4.79 Å². The molecule has 0 saturated carbocycles. The summed E-state index contributed by atoms with van der Waals surface area (Å²) in [5, 5.41) is 6.12. The van der Waals surface area contributed by atoms with Crippen LogP contribution in [0.2, 0.25) is 0 Å². The number of hydrogen-bond donors (Lipinski definition) is 2. The van der Waals surface area contributed by atoms with Crippen LogP contribution in [0.15, 0.2) is 30.3 Å². The van der Waals surface area contributed by atoms with Gasteiger partial charge >= 0.3 is 0 Å². The molecule has 0 aliphatic heterocycles. The predicted octanol–water partition coefficient (Wildman–Crippen LogP) is 2.64. The van der Waals surface area contributed by atoms with E-state index in [1.165, 1.54) is 18.4 Å². The predicted molar refractivity (Wildman–Crippen MR) is 75.4 cm³/mol. The summed E-state index contributed by atoms with van der Waals surface area (Å²) >= 11 is 0. The molecule has 1 aromatic rings. The number of nitrogens with one attached hydrogen (secondary N) is 2. The molecule has 2 N–H and O–H groups in total. The van der Waals surface area contributed by atoms with Gasteiger partial charge in [0.15, 0.2) is 0 Å². The summed E-state index contributed by atoms with van der Waals surface area (Å²) in [4.78, 5) is 11.2. The van der Waals surface area contributed by atoms with Crippen molar-refractivity contribution in [2.24, 2.45) is 0 Å². The Morgan fingerprint density at radius 3 is 2.61 bits per heavy atom. The molecule has 0 radical (unpaired) electrons. The Kier molecular flexibility index (Phi) is 7.11. The van der Waals surface area contributed by atoms with Gasteiger partial charge in [-0.25, -0.2) is 0 Å². The SMILES string of the molecule is CCCCC(NCCC(=O)NC)c1ccccc1. The molecule has 1 amide bonds. The Balaban J connectivity index is 2.48. The lowest BCUT2D eigenvalue weighted by Gasteiger charge is -2.18. The van der Waals surface area contributed by atoms with Crippen LogP contribution in [0.3, 0.4) is 0 Å². The van der Waals surface area contributed by atoms with E-state index in [4.69, 9.17) is 0 Å². The number of amides is 1. The molecule has 1 rings (SSSR count). The van der Waals surface area contributed by atoms with E-state index in [2.05, 4.69) is 41.8 Å². The highest BCUT2D eigenvalue weighted by atomic mass is 16.1. The summed E-state index contributed by atoms with van der Waals surface area (Å²) in [5.41, 5.74) is 1.31. The minimum absolute atomic E-state index is 0.0878. The van der Waals surface area contributed by atoms with Crippen LogP contribution in [0.5, 0.6) is 0 Å². The first-order chi connectivity index (χ1) is 8.77. The highest BCUT2D eigenvalue weighted by Gasteiger charge is 2.10.